The normalized spacial score (nSPS) is 12.9. The Hall–Kier alpha value is -2.05. The van der Waals surface area contributed by atoms with E-state index in [2.05, 4.69) is 10.5 Å². The molecule has 0 fully saturated rings. The lowest BCUT2D eigenvalue weighted by molar-refractivity contribution is 0.0955. The van der Waals surface area contributed by atoms with Crippen LogP contribution >= 0.6 is 22.9 Å². The monoisotopic (exact) mass is 336 g/mol. The lowest BCUT2D eigenvalue weighted by atomic mass is 10.2. The molecule has 0 radical (unpaired) electrons. The van der Waals surface area contributed by atoms with Crippen molar-refractivity contribution in [1.29, 1.82) is 0 Å². The predicted molar refractivity (Wildman–Crippen MR) is 86.4 cm³/mol. The van der Waals surface area contributed by atoms with Crippen molar-refractivity contribution < 1.29 is 14.3 Å². The van der Waals surface area contributed by atoms with Gasteiger partial charge in [0.2, 0.25) is 6.79 Å². The molecule has 7 heteroatoms. The van der Waals surface area contributed by atoms with Crippen LogP contribution in [0.25, 0.3) is 0 Å². The fraction of sp³-hybridized carbons (Fsp3) is 0.200. The maximum atomic E-state index is 12.0. The molecule has 2 heterocycles. The average Bonchev–Trinajstić information content (AvgIpc) is 3.06. The lowest BCUT2D eigenvalue weighted by Crippen LogP contribution is -2.17. The molecule has 22 heavy (non-hydrogen) atoms. The summed E-state index contributed by atoms with van der Waals surface area (Å²) in [5.74, 6) is 0.979. The van der Waals surface area contributed by atoms with Gasteiger partial charge in [-0.2, -0.15) is 5.10 Å². The summed E-state index contributed by atoms with van der Waals surface area (Å²) in [7, 11) is 0. The van der Waals surface area contributed by atoms with Crippen molar-refractivity contribution in [2.45, 2.75) is 13.8 Å². The number of carbonyl (C=O) groups is 1. The molecule has 0 atom stereocenters. The third-order valence-electron chi connectivity index (χ3n) is 3.39. The summed E-state index contributed by atoms with van der Waals surface area (Å²) in [6.07, 6.45) is 1.48. The largest absolute Gasteiger partial charge is 0.454 e. The van der Waals surface area contributed by atoms with Gasteiger partial charge in [-0.1, -0.05) is 11.6 Å². The van der Waals surface area contributed by atoms with Crippen LogP contribution in [0.15, 0.2) is 22.6 Å². The van der Waals surface area contributed by atoms with E-state index >= 15 is 0 Å². The molecule has 1 aliphatic heterocycles. The van der Waals surface area contributed by atoms with Crippen molar-refractivity contribution in [3.05, 3.63) is 44.1 Å². The van der Waals surface area contributed by atoms with E-state index in [0.29, 0.717) is 27.6 Å². The zero-order valence-electron chi connectivity index (χ0n) is 12.0. The topological polar surface area (TPSA) is 59.9 Å². The van der Waals surface area contributed by atoms with Crippen LogP contribution < -0.4 is 14.9 Å². The minimum absolute atomic E-state index is 0.180. The summed E-state index contributed by atoms with van der Waals surface area (Å²) in [5.41, 5.74) is 4.75. The zero-order chi connectivity index (χ0) is 15.7. The number of ether oxygens (including phenoxy) is 2. The summed E-state index contributed by atoms with van der Waals surface area (Å²) in [6.45, 7) is 4.07. The van der Waals surface area contributed by atoms with Crippen molar-refractivity contribution in [3.8, 4) is 11.5 Å². The van der Waals surface area contributed by atoms with Gasteiger partial charge in [0.1, 0.15) is 0 Å². The van der Waals surface area contributed by atoms with Crippen LogP contribution in [0.3, 0.4) is 0 Å². The molecule has 114 valence electrons. The Morgan fingerprint density at radius 3 is 2.77 bits per heavy atom. The quantitative estimate of drug-likeness (QED) is 0.689. The highest BCUT2D eigenvalue weighted by atomic mass is 35.5. The summed E-state index contributed by atoms with van der Waals surface area (Å²) in [6, 6.07) is 3.39. The van der Waals surface area contributed by atoms with E-state index in [-0.39, 0.29) is 12.7 Å². The van der Waals surface area contributed by atoms with Gasteiger partial charge in [0.05, 0.1) is 16.8 Å². The maximum Gasteiger partial charge on any atom is 0.272 e. The first-order valence-corrected chi connectivity index (χ1v) is 7.79. The van der Waals surface area contributed by atoms with Crippen LogP contribution in [0.2, 0.25) is 5.02 Å². The highest BCUT2D eigenvalue weighted by molar-refractivity contribution is 7.10. The molecule has 2 aromatic rings. The number of benzene rings is 1. The molecule has 0 saturated heterocycles. The molecule has 0 unspecified atom stereocenters. The second-order valence-electron chi connectivity index (χ2n) is 4.76. The molecule has 0 bridgehead atoms. The molecule has 0 saturated carbocycles. The number of hydrazone groups is 1. The summed E-state index contributed by atoms with van der Waals surface area (Å²) in [5, 5.41) is 6.25. The van der Waals surface area contributed by atoms with Gasteiger partial charge in [-0.25, -0.2) is 5.43 Å². The van der Waals surface area contributed by atoms with Crippen molar-refractivity contribution in [2.24, 2.45) is 5.10 Å². The van der Waals surface area contributed by atoms with Crippen LogP contribution in [-0.4, -0.2) is 18.9 Å². The molecule has 3 rings (SSSR count). The second kappa shape index (κ2) is 5.98. The number of aryl methyl sites for hydroxylation is 1. The van der Waals surface area contributed by atoms with E-state index in [0.717, 1.165) is 10.4 Å². The molecule has 1 aromatic carbocycles. The summed E-state index contributed by atoms with van der Waals surface area (Å²) in [4.78, 5) is 13.2. The van der Waals surface area contributed by atoms with E-state index in [1.165, 1.54) is 6.21 Å². The number of halogens is 1. The molecular weight excluding hydrogens is 324 g/mol. The SMILES string of the molecule is Cc1scc(C(=O)N/N=C\c2cc3c(cc2Cl)OCO3)c1C. The molecule has 0 spiro atoms. The molecule has 1 aromatic heterocycles. The third-order valence-corrected chi connectivity index (χ3v) is 4.73. The molecule has 0 aliphatic carbocycles. The van der Waals surface area contributed by atoms with Gasteiger partial charge >= 0.3 is 0 Å². The van der Waals surface area contributed by atoms with Crippen LogP contribution in [0.4, 0.5) is 0 Å². The number of fused-ring (bicyclic) bond motifs is 1. The van der Waals surface area contributed by atoms with E-state index in [4.69, 9.17) is 21.1 Å². The van der Waals surface area contributed by atoms with Crippen LogP contribution in [0.5, 0.6) is 11.5 Å². The Kier molecular flexibility index (Phi) is 4.04. The van der Waals surface area contributed by atoms with Crippen LogP contribution in [0, 0.1) is 13.8 Å². The van der Waals surface area contributed by atoms with Gasteiger partial charge in [-0.3, -0.25) is 4.79 Å². The Balaban J connectivity index is 1.72. The molecular formula is C15H13ClN2O3S. The van der Waals surface area contributed by atoms with Crippen molar-refractivity contribution >= 4 is 35.1 Å². The number of thiophene rings is 1. The number of carbonyl (C=O) groups excluding carboxylic acids is 1. The summed E-state index contributed by atoms with van der Waals surface area (Å²) >= 11 is 7.67. The van der Waals surface area contributed by atoms with Crippen molar-refractivity contribution in [1.82, 2.24) is 5.43 Å². The lowest BCUT2D eigenvalue weighted by Gasteiger charge is -2.02. The second-order valence-corrected chi connectivity index (χ2v) is 6.25. The van der Waals surface area contributed by atoms with E-state index in [1.807, 2.05) is 19.2 Å². The number of hydrogen-bond donors (Lipinski definition) is 1. The van der Waals surface area contributed by atoms with Crippen LogP contribution in [0.1, 0.15) is 26.4 Å². The first-order valence-electron chi connectivity index (χ1n) is 6.53. The minimum atomic E-state index is -0.241. The number of nitrogens with one attached hydrogen (secondary N) is 1. The van der Waals surface area contributed by atoms with Gasteiger partial charge in [-0.15, -0.1) is 11.3 Å². The van der Waals surface area contributed by atoms with Crippen molar-refractivity contribution in [3.63, 3.8) is 0 Å². The van der Waals surface area contributed by atoms with E-state index < -0.39 is 0 Å². The van der Waals surface area contributed by atoms with Gasteiger partial charge in [-0.05, 0) is 25.5 Å². The molecule has 1 N–H and O–H groups in total. The fourth-order valence-electron chi connectivity index (χ4n) is 1.99. The smallest absolute Gasteiger partial charge is 0.272 e. The zero-order valence-corrected chi connectivity index (χ0v) is 13.5. The van der Waals surface area contributed by atoms with Gasteiger partial charge in [0, 0.05) is 21.9 Å². The van der Waals surface area contributed by atoms with E-state index in [9.17, 15) is 4.79 Å². The molecule has 1 aliphatic rings. The molecule has 5 nitrogen and oxygen atoms in total. The van der Waals surface area contributed by atoms with Gasteiger partial charge in [0.15, 0.2) is 11.5 Å². The Labute approximate surface area is 136 Å². The third kappa shape index (κ3) is 2.80. The van der Waals surface area contributed by atoms with Gasteiger partial charge < -0.3 is 9.47 Å². The number of amides is 1. The van der Waals surface area contributed by atoms with Crippen LogP contribution in [-0.2, 0) is 0 Å². The highest BCUT2D eigenvalue weighted by Gasteiger charge is 2.16. The van der Waals surface area contributed by atoms with Gasteiger partial charge in [0.25, 0.3) is 5.91 Å². The molecule has 1 amide bonds. The Bertz CT molecular complexity index is 770. The first kappa shape index (κ1) is 14.9. The first-order chi connectivity index (χ1) is 10.6. The minimum Gasteiger partial charge on any atom is -0.454 e. The summed E-state index contributed by atoms with van der Waals surface area (Å²) < 4.78 is 10.5. The predicted octanol–water partition coefficient (Wildman–Crippen LogP) is 3.51. The highest BCUT2D eigenvalue weighted by Crippen LogP contribution is 2.36. The van der Waals surface area contributed by atoms with Crippen molar-refractivity contribution in [2.75, 3.05) is 6.79 Å². The maximum absolute atomic E-state index is 12.0. The van der Waals surface area contributed by atoms with E-state index in [1.54, 1.807) is 23.5 Å². The number of nitrogens with zero attached hydrogens (tertiary/aromatic N) is 1. The number of rotatable bonds is 3. The standard InChI is InChI=1S/C15H13ClN2O3S/c1-8-9(2)22-6-11(8)15(19)18-17-5-10-3-13-14(4-12(10)16)21-7-20-13/h3-6H,7H2,1-2H3,(H,18,19)/b17-5-. The fourth-order valence-corrected chi connectivity index (χ4v) is 3.06. The Morgan fingerprint density at radius 1 is 1.36 bits per heavy atom. The Morgan fingerprint density at radius 2 is 2.09 bits per heavy atom. The average molecular weight is 337 g/mol. The number of hydrogen-bond acceptors (Lipinski definition) is 5.